The van der Waals surface area contributed by atoms with Crippen LogP contribution in [0.1, 0.15) is 29.8 Å². The largest absolute Gasteiger partial charge is 0.369 e. The lowest BCUT2D eigenvalue weighted by molar-refractivity contribution is -0.114. The van der Waals surface area contributed by atoms with Crippen LogP contribution in [0.4, 0.5) is 11.4 Å². The van der Waals surface area contributed by atoms with E-state index >= 15 is 0 Å². The first-order valence-electron chi connectivity index (χ1n) is 8.96. The summed E-state index contributed by atoms with van der Waals surface area (Å²) in [6.45, 7) is 7.98. The van der Waals surface area contributed by atoms with Crippen molar-refractivity contribution < 1.29 is 9.59 Å². The van der Waals surface area contributed by atoms with Crippen LogP contribution in [0, 0.1) is 0 Å². The lowest BCUT2D eigenvalue weighted by Crippen LogP contribution is -2.45. The molecule has 0 bridgehead atoms. The minimum absolute atomic E-state index is 0.0507. The van der Waals surface area contributed by atoms with E-state index in [4.69, 9.17) is 0 Å². The second-order valence-corrected chi connectivity index (χ2v) is 6.74. The Balaban J connectivity index is 1.52. The summed E-state index contributed by atoms with van der Waals surface area (Å²) < 4.78 is 0. The number of benzene rings is 2. The molecule has 136 valence electrons. The maximum atomic E-state index is 11.4. The molecule has 1 fully saturated rings. The zero-order valence-electron chi connectivity index (χ0n) is 15.4. The predicted molar refractivity (Wildman–Crippen MR) is 105 cm³/mol. The van der Waals surface area contributed by atoms with E-state index in [2.05, 4.69) is 27.2 Å². The standard InChI is InChI=1S/C21H25N3O2/c1-16(25)19-5-9-21(10-6-19)24-13-11-23(12-14-24)15-18-3-7-20(8-4-18)22-17(2)26/h3-10H,11-15H2,1-2H3,(H,22,26). The molecule has 5 heteroatoms. The van der Waals surface area contributed by atoms with E-state index in [1.807, 2.05) is 36.4 Å². The Labute approximate surface area is 154 Å². The summed E-state index contributed by atoms with van der Waals surface area (Å²) in [7, 11) is 0. The van der Waals surface area contributed by atoms with Gasteiger partial charge in [-0.25, -0.2) is 0 Å². The predicted octanol–water partition coefficient (Wildman–Crippen LogP) is 3.17. The fraction of sp³-hybridized carbons (Fsp3) is 0.333. The number of rotatable bonds is 5. The number of amides is 1. The highest BCUT2D eigenvalue weighted by Crippen LogP contribution is 2.19. The molecule has 26 heavy (non-hydrogen) atoms. The van der Waals surface area contributed by atoms with Crippen molar-refractivity contribution in [1.29, 1.82) is 0 Å². The van der Waals surface area contributed by atoms with Gasteiger partial charge in [0.25, 0.3) is 0 Å². The maximum Gasteiger partial charge on any atom is 0.221 e. The van der Waals surface area contributed by atoms with Crippen LogP contribution >= 0.6 is 0 Å². The van der Waals surface area contributed by atoms with Gasteiger partial charge in [-0.05, 0) is 48.9 Å². The van der Waals surface area contributed by atoms with Crippen LogP contribution < -0.4 is 10.2 Å². The summed E-state index contributed by atoms with van der Waals surface area (Å²) >= 11 is 0. The summed E-state index contributed by atoms with van der Waals surface area (Å²) in [5.41, 5.74) is 4.02. The first-order valence-corrected chi connectivity index (χ1v) is 8.96. The first kappa shape index (κ1) is 18.1. The molecule has 1 N–H and O–H groups in total. The molecule has 0 saturated carbocycles. The average molecular weight is 351 g/mol. The van der Waals surface area contributed by atoms with E-state index in [1.54, 1.807) is 6.92 Å². The second-order valence-electron chi connectivity index (χ2n) is 6.74. The van der Waals surface area contributed by atoms with Gasteiger partial charge in [-0.1, -0.05) is 12.1 Å². The fourth-order valence-corrected chi connectivity index (χ4v) is 3.23. The number of piperazine rings is 1. The quantitative estimate of drug-likeness (QED) is 0.841. The fourth-order valence-electron chi connectivity index (χ4n) is 3.23. The van der Waals surface area contributed by atoms with Crippen molar-refractivity contribution in [2.75, 3.05) is 36.4 Å². The van der Waals surface area contributed by atoms with Gasteiger partial charge in [0, 0.05) is 56.6 Å². The third-order valence-electron chi connectivity index (χ3n) is 4.69. The molecule has 2 aromatic carbocycles. The van der Waals surface area contributed by atoms with Gasteiger partial charge in [-0.2, -0.15) is 0 Å². The number of nitrogens with one attached hydrogen (secondary N) is 1. The van der Waals surface area contributed by atoms with Crippen LogP contribution in [0.2, 0.25) is 0 Å². The molecule has 5 nitrogen and oxygen atoms in total. The molecule has 0 atom stereocenters. The number of anilines is 2. The van der Waals surface area contributed by atoms with Crippen molar-refractivity contribution in [3.63, 3.8) is 0 Å². The smallest absolute Gasteiger partial charge is 0.221 e. The molecule has 3 rings (SSSR count). The number of nitrogens with zero attached hydrogens (tertiary/aromatic N) is 2. The molecule has 1 aliphatic heterocycles. The van der Waals surface area contributed by atoms with Crippen LogP contribution in [0.3, 0.4) is 0 Å². The zero-order valence-corrected chi connectivity index (χ0v) is 15.4. The molecule has 0 aliphatic carbocycles. The van der Waals surface area contributed by atoms with Gasteiger partial charge in [0.05, 0.1) is 0 Å². The molecule has 1 saturated heterocycles. The molecule has 0 aromatic heterocycles. The Bertz CT molecular complexity index is 761. The molecule has 1 aliphatic rings. The minimum atomic E-state index is -0.0507. The normalized spacial score (nSPS) is 14.9. The number of hydrogen-bond acceptors (Lipinski definition) is 4. The monoisotopic (exact) mass is 351 g/mol. The Morgan fingerprint density at radius 1 is 0.885 bits per heavy atom. The summed E-state index contributed by atoms with van der Waals surface area (Å²) in [6.07, 6.45) is 0. The molecule has 0 unspecified atom stereocenters. The topological polar surface area (TPSA) is 52.7 Å². The zero-order chi connectivity index (χ0) is 18.5. The lowest BCUT2D eigenvalue weighted by Gasteiger charge is -2.36. The summed E-state index contributed by atoms with van der Waals surface area (Å²) in [4.78, 5) is 27.3. The average Bonchev–Trinajstić information content (AvgIpc) is 2.64. The van der Waals surface area contributed by atoms with Gasteiger partial charge in [-0.15, -0.1) is 0 Å². The third-order valence-corrected chi connectivity index (χ3v) is 4.69. The van der Waals surface area contributed by atoms with E-state index in [1.165, 1.54) is 18.2 Å². The highest BCUT2D eigenvalue weighted by atomic mass is 16.1. The molecule has 1 heterocycles. The van der Waals surface area contributed by atoms with Gasteiger partial charge in [0.15, 0.2) is 5.78 Å². The Hall–Kier alpha value is -2.66. The van der Waals surface area contributed by atoms with Gasteiger partial charge in [0.2, 0.25) is 5.91 Å². The molecule has 2 aromatic rings. The number of carbonyl (C=O) groups excluding carboxylic acids is 2. The summed E-state index contributed by atoms with van der Waals surface area (Å²) in [6, 6.07) is 15.9. The molecule has 0 radical (unpaired) electrons. The molecule has 0 spiro atoms. The molecular weight excluding hydrogens is 326 g/mol. The van der Waals surface area contributed by atoms with Crippen LogP contribution in [0.25, 0.3) is 0 Å². The highest BCUT2D eigenvalue weighted by molar-refractivity contribution is 5.94. The van der Waals surface area contributed by atoms with Crippen molar-refractivity contribution in [1.82, 2.24) is 4.90 Å². The van der Waals surface area contributed by atoms with Crippen molar-refractivity contribution in [3.8, 4) is 0 Å². The van der Waals surface area contributed by atoms with E-state index in [9.17, 15) is 9.59 Å². The molecular formula is C21H25N3O2. The maximum absolute atomic E-state index is 11.4. The van der Waals surface area contributed by atoms with Crippen LogP contribution in [0.15, 0.2) is 48.5 Å². The number of hydrogen-bond donors (Lipinski definition) is 1. The SMILES string of the molecule is CC(=O)Nc1ccc(CN2CCN(c3ccc(C(C)=O)cc3)CC2)cc1. The first-order chi connectivity index (χ1) is 12.5. The van der Waals surface area contributed by atoms with Gasteiger partial charge in [0.1, 0.15) is 0 Å². The highest BCUT2D eigenvalue weighted by Gasteiger charge is 2.17. The lowest BCUT2D eigenvalue weighted by atomic mass is 10.1. The van der Waals surface area contributed by atoms with E-state index in [0.29, 0.717) is 0 Å². The van der Waals surface area contributed by atoms with E-state index in [-0.39, 0.29) is 11.7 Å². The summed E-state index contributed by atoms with van der Waals surface area (Å²) in [5.74, 6) is 0.0519. The minimum Gasteiger partial charge on any atom is -0.369 e. The van der Waals surface area contributed by atoms with Crippen LogP contribution in [-0.2, 0) is 11.3 Å². The number of Topliss-reactive ketones (excluding diaryl/α,β-unsaturated/α-hetero) is 1. The Kier molecular flexibility index (Phi) is 5.68. The van der Waals surface area contributed by atoms with Crippen molar-refractivity contribution in [3.05, 3.63) is 59.7 Å². The van der Waals surface area contributed by atoms with Crippen LogP contribution in [0.5, 0.6) is 0 Å². The van der Waals surface area contributed by atoms with E-state index in [0.717, 1.165) is 44.0 Å². The van der Waals surface area contributed by atoms with Crippen molar-refractivity contribution >= 4 is 23.1 Å². The number of carbonyl (C=O) groups is 2. The van der Waals surface area contributed by atoms with Gasteiger partial charge < -0.3 is 10.2 Å². The summed E-state index contributed by atoms with van der Waals surface area (Å²) in [5, 5.41) is 2.79. The Morgan fingerprint density at radius 2 is 1.50 bits per heavy atom. The Morgan fingerprint density at radius 3 is 2.04 bits per heavy atom. The van der Waals surface area contributed by atoms with Gasteiger partial charge in [-0.3, -0.25) is 14.5 Å². The van der Waals surface area contributed by atoms with E-state index < -0.39 is 0 Å². The van der Waals surface area contributed by atoms with Crippen molar-refractivity contribution in [2.24, 2.45) is 0 Å². The van der Waals surface area contributed by atoms with Crippen molar-refractivity contribution in [2.45, 2.75) is 20.4 Å². The molecule has 1 amide bonds. The number of ketones is 1. The second kappa shape index (κ2) is 8.15. The van der Waals surface area contributed by atoms with Gasteiger partial charge >= 0.3 is 0 Å². The third kappa shape index (κ3) is 4.70. The van der Waals surface area contributed by atoms with Crippen LogP contribution in [-0.4, -0.2) is 42.8 Å².